The predicted molar refractivity (Wildman–Crippen MR) is 73.9 cm³/mol. The molecule has 0 bridgehead atoms. The fourth-order valence-corrected chi connectivity index (χ4v) is 2.35. The van der Waals surface area contributed by atoms with Gasteiger partial charge in [0.05, 0.1) is 12.1 Å². The van der Waals surface area contributed by atoms with E-state index in [1.54, 1.807) is 11.9 Å². The number of carbonyl (C=O) groups is 1. The average molecular weight is 346 g/mol. The van der Waals surface area contributed by atoms with Crippen LogP contribution in [0.15, 0.2) is 24.3 Å². The zero-order chi connectivity index (χ0) is 12.4. The number of aliphatic hydroxyl groups is 1. The highest BCUT2D eigenvalue weighted by Gasteiger charge is 2.31. The number of benzene rings is 1. The maximum Gasteiger partial charge on any atom is 0.253 e. The van der Waals surface area contributed by atoms with Gasteiger partial charge in [0, 0.05) is 29.3 Å². The van der Waals surface area contributed by atoms with Crippen LogP contribution in [-0.2, 0) is 0 Å². The molecule has 92 valence electrons. The Kier molecular flexibility index (Phi) is 4.01. The van der Waals surface area contributed by atoms with Gasteiger partial charge in [0.1, 0.15) is 0 Å². The Morgan fingerprint density at radius 2 is 2.06 bits per heavy atom. The molecule has 1 aliphatic heterocycles. The summed E-state index contributed by atoms with van der Waals surface area (Å²) < 4.78 is 1.10. The molecule has 0 radical (unpaired) electrons. The Bertz CT molecular complexity index is 407. The topological polar surface area (TPSA) is 52.6 Å². The van der Waals surface area contributed by atoms with Crippen LogP contribution in [0.2, 0.25) is 0 Å². The van der Waals surface area contributed by atoms with Crippen molar-refractivity contribution in [2.45, 2.75) is 12.1 Å². The van der Waals surface area contributed by atoms with Gasteiger partial charge in [0.15, 0.2) is 0 Å². The highest BCUT2D eigenvalue weighted by Crippen LogP contribution is 2.13. The number of hydrogen-bond donors (Lipinski definition) is 2. The monoisotopic (exact) mass is 346 g/mol. The minimum Gasteiger partial charge on any atom is -0.390 e. The van der Waals surface area contributed by atoms with Crippen LogP contribution in [0.1, 0.15) is 10.4 Å². The molecule has 0 aromatic heterocycles. The Morgan fingerprint density at radius 1 is 1.41 bits per heavy atom. The van der Waals surface area contributed by atoms with Crippen molar-refractivity contribution in [2.75, 3.05) is 20.1 Å². The van der Waals surface area contributed by atoms with E-state index in [-0.39, 0.29) is 11.9 Å². The van der Waals surface area contributed by atoms with E-state index in [4.69, 9.17) is 0 Å². The summed E-state index contributed by atoms with van der Waals surface area (Å²) in [6.07, 6.45) is -0.479. The molecule has 1 aliphatic rings. The highest BCUT2D eigenvalue weighted by molar-refractivity contribution is 14.1. The molecule has 2 rings (SSSR count). The number of hydrogen-bond acceptors (Lipinski definition) is 3. The van der Waals surface area contributed by atoms with E-state index in [1.807, 2.05) is 24.3 Å². The lowest BCUT2D eigenvalue weighted by atomic mass is 10.1. The Balaban J connectivity index is 2.11. The molecule has 5 heteroatoms. The molecule has 1 saturated heterocycles. The molecule has 4 nitrogen and oxygen atoms in total. The molecule has 2 N–H and O–H groups in total. The SMILES string of the molecule is CN(C(=O)c1ccc(I)cc1)[C@@H]1CNC[C@H]1O. The zero-order valence-electron chi connectivity index (χ0n) is 9.56. The third kappa shape index (κ3) is 2.78. The number of nitrogens with zero attached hydrogens (tertiary/aromatic N) is 1. The van der Waals surface area contributed by atoms with Gasteiger partial charge in [0.25, 0.3) is 5.91 Å². The molecule has 1 amide bonds. The number of rotatable bonds is 2. The average Bonchev–Trinajstić information content (AvgIpc) is 2.74. The number of carbonyl (C=O) groups excluding carboxylic acids is 1. The second-order valence-electron chi connectivity index (χ2n) is 4.22. The van der Waals surface area contributed by atoms with Crippen molar-refractivity contribution < 1.29 is 9.90 Å². The van der Waals surface area contributed by atoms with Crippen molar-refractivity contribution >= 4 is 28.5 Å². The predicted octanol–water partition coefficient (Wildman–Crippen LogP) is 0.696. The molecular formula is C12H15IN2O2. The number of likely N-dealkylation sites (N-methyl/N-ethyl adjacent to an activating group) is 1. The Morgan fingerprint density at radius 3 is 2.59 bits per heavy atom. The number of halogens is 1. The van der Waals surface area contributed by atoms with Crippen LogP contribution in [0.25, 0.3) is 0 Å². The molecule has 0 aliphatic carbocycles. The summed E-state index contributed by atoms with van der Waals surface area (Å²) in [5.41, 5.74) is 0.659. The first kappa shape index (κ1) is 12.8. The first-order valence-electron chi connectivity index (χ1n) is 5.51. The summed E-state index contributed by atoms with van der Waals surface area (Å²) >= 11 is 2.20. The van der Waals surface area contributed by atoms with Crippen molar-refractivity contribution in [1.82, 2.24) is 10.2 Å². The summed E-state index contributed by atoms with van der Waals surface area (Å²) in [5, 5.41) is 12.8. The third-order valence-electron chi connectivity index (χ3n) is 3.06. The van der Waals surface area contributed by atoms with Crippen LogP contribution in [-0.4, -0.2) is 48.2 Å². The van der Waals surface area contributed by atoms with E-state index in [0.29, 0.717) is 18.7 Å². The quantitative estimate of drug-likeness (QED) is 0.775. The molecule has 1 aromatic rings. The molecule has 1 aromatic carbocycles. The van der Waals surface area contributed by atoms with E-state index in [9.17, 15) is 9.90 Å². The lowest BCUT2D eigenvalue weighted by Crippen LogP contribution is -2.44. The van der Waals surface area contributed by atoms with Gasteiger partial charge in [-0.15, -0.1) is 0 Å². The van der Waals surface area contributed by atoms with Crippen molar-refractivity contribution in [3.63, 3.8) is 0 Å². The summed E-state index contributed by atoms with van der Waals surface area (Å²) in [4.78, 5) is 13.8. The molecular weight excluding hydrogens is 331 g/mol. The van der Waals surface area contributed by atoms with Crippen LogP contribution in [0.3, 0.4) is 0 Å². The summed E-state index contributed by atoms with van der Waals surface area (Å²) in [5.74, 6) is -0.0471. The fourth-order valence-electron chi connectivity index (χ4n) is 1.99. The van der Waals surface area contributed by atoms with Gasteiger partial charge in [-0.25, -0.2) is 0 Å². The first-order valence-corrected chi connectivity index (χ1v) is 6.59. The number of nitrogens with one attached hydrogen (secondary N) is 1. The minimum atomic E-state index is -0.479. The van der Waals surface area contributed by atoms with E-state index in [0.717, 1.165) is 3.57 Å². The number of amides is 1. The number of aliphatic hydroxyl groups excluding tert-OH is 1. The normalized spacial score (nSPS) is 23.7. The van der Waals surface area contributed by atoms with Crippen molar-refractivity contribution in [3.05, 3.63) is 33.4 Å². The molecule has 1 heterocycles. The van der Waals surface area contributed by atoms with E-state index >= 15 is 0 Å². The van der Waals surface area contributed by atoms with Gasteiger partial charge >= 0.3 is 0 Å². The van der Waals surface area contributed by atoms with Crippen LogP contribution >= 0.6 is 22.6 Å². The smallest absolute Gasteiger partial charge is 0.253 e. The molecule has 0 unspecified atom stereocenters. The Hall–Kier alpha value is -0.660. The van der Waals surface area contributed by atoms with E-state index in [2.05, 4.69) is 27.9 Å². The lowest BCUT2D eigenvalue weighted by Gasteiger charge is -2.26. The standard InChI is InChI=1S/C12H15IN2O2/c1-15(10-6-14-7-11(10)16)12(17)8-2-4-9(13)5-3-8/h2-5,10-11,14,16H,6-7H2,1H3/t10-,11-/m1/s1. The summed E-state index contributed by atoms with van der Waals surface area (Å²) in [6.45, 7) is 1.20. The first-order chi connectivity index (χ1) is 8.09. The lowest BCUT2D eigenvalue weighted by molar-refractivity contribution is 0.0581. The van der Waals surface area contributed by atoms with Gasteiger partial charge in [-0.05, 0) is 46.9 Å². The third-order valence-corrected chi connectivity index (χ3v) is 3.78. The van der Waals surface area contributed by atoms with Gasteiger partial charge < -0.3 is 15.3 Å². The van der Waals surface area contributed by atoms with Gasteiger partial charge in [0.2, 0.25) is 0 Å². The van der Waals surface area contributed by atoms with Gasteiger partial charge in [-0.1, -0.05) is 0 Å². The molecule has 17 heavy (non-hydrogen) atoms. The molecule has 0 spiro atoms. The number of β-amino-alcohol motifs (C(OH)–C–C–N with tert-alkyl or cyclic N) is 1. The van der Waals surface area contributed by atoms with Crippen molar-refractivity contribution in [2.24, 2.45) is 0 Å². The maximum absolute atomic E-state index is 12.2. The zero-order valence-corrected chi connectivity index (χ0v) is 11.7. The fraction of sp³-hybridized carbons (Fsp3) is 0.417. The minimum absolute atomic E-state index is 0.0471. The van der Waals surface area contributed by atoms with Crippen LogP contribution in [0.5, 0.6) is 0 Å². The van der Waals surface area contributed by atoms with Gasteiger partial charge in [-0.3, -0.25) is 4.79 Å². The van der Waals surface area contributed by atoms with Crippen molar-refractivity contribution in [1.29, 1.82) is 0 Å². The van der Waals surface area contributed by atoms with Crippen molar-refractivity contribution in [3.8, 4) is 0 Å². The molecule has 2 atom stereocenters. The van der Waals surface area contributed by atoms with Gasteiger partial charge in [-0.2, -0.15) is 0 Å². The maximum atomic E-state index is 12.2. The van der Waals surface area contributed by atoms with E-state index in [1.165, 1.54) is 0 Å². The van der Waals surface area contributed by atoms with Crippen LogP contribution in [0, 0.1) is 3.57 Å². The van der Waals surface area contributed by atoms with Crippen LogP contribution < -0.4 is 5.32 Å². The highest BCUT2D eigenvalue weighted by atomic mass is 127. The van der Waals surface area contributed by atoms with Crippen LogP contribution in [0.4, 0.5) is 0 Å². The largest absolute Gasteiger partial charge is 0.390 e. The second kappa shape index (κ2) is 5.32. The second-order valence-corrected chi connectivity index (χ2v) is 5.46. The Labute approximate surface area is 114 Å². The molecule has 0 saturated carbocycles. The summed E-state index contributed by atoms with van der Waals surface area (Å²) in [6, 6.07) is 7.31. The molecule has 1 fully saturated rings. The van der Waals surface area contributed by atoms with E-state index < -0.39 is 6.10 Å². The summed E-state index contributed by atoms with van der Waals surface area (Å²) in [7, 11) is 1.74.